The summed E-state index contributed by atoms with van der Waals surface area (Å²) in [5.41, 5.74) is 1.92. The molecular weight excluding hydrogens is 220 g/mol. The van der Waals surface area contributed by atoms with E-state index in [0.717, 1.165) is 11.1 Å². The van der Waals surface area contributed by atoms with Crippen LogP contribution in [-0.4, -0.2) is 28.0 Å². The molecule has 1 heterocycles. The second-order valence-electron chi connectivity index (χ2n) is 3.62. The zero-order valence-corrected chi connectivity index (χ0v) is 9.54. The minimum Gasteiger partial charge on any atom is -0.496 e. The van der Waals surface area contributed by atoms with Gasteiger partial charge in [-0.2, -0.15) is 5.10 Å². The molecule has 1 aromatic carbocycles. The molecule has 0 fully saturated rings. The van der Waals surface area contributed by atoms with Crippen molar-refractivity contribution in [1.82, 2.24) is 9.78 Å². The topological polar surface area (TPSA) is 64.3 Å². The number of aromatic carboxylic acids is 1. The Kier molecular flexibility index (Phi) is 2.82. The lowest BCUT2D eigenvalue weighted by Gasteiger charge is -2.07. The number of benzene rings is 1. The van der Waals surface area contributed by atoms with E-state index in [9.17, 15) is 4.79 Å². The van der Waals surface area contributed by atoms with Gasteiger partial charge in [-0.15, -0.1) is 0 Å². The Morgan fingerprint density at radius 2 is 2.24 bits per heavy atom. The normalized spacial score (nSPS) is 10.2. The monoisotopic (exact) mass is 232 g/mol. The van der Waals surface area contributed by atoms with E-state index in [2.05, 4.69) is 5.10 Å². The number of aryl methyl sites for hydroxylation is 1. The third-order valence-electron chi connectivity index (χ3n) is 2.46. The minimum absolute atomic E-state index is 0.203. The second-order valence-corrected chi connectivity index (χ2v) is 3.62. The number of carboxylic acids is 1. The molecular formula is C12H12N2O3. The van der Waals surface area contributed by atoms with E-state index in [1.165, 1.54) is 13.2 Å². The molecule has 0 amide bonds. The van der Waals surface area contributed by atoms with Gasteiger partial charge in [0.15, 0.2) is 0 Å². The van der Waals surface area contributed by atoms with Gasteiger partial charge >= 0.3 is 5.97 Å². The Balaban J connectivity index is 2.51. The van der Waals surface area contributed by atoms with Crippen LogP contribution in [0.25, 0.3) is 11.1 Å². The zero-order valence-electron chi connectivity index (χ0n) is 9.54. The fraction of sp³-hybridized carbons (Fsp3) is 0.167. The van der Waals surface area contributed by atoms with Crippen LogP contribution in [0.5, 0.6) is 5.75 Å². The fourth-order valence-electron chi connectivity index (χ4n) is 1.62. The van der Waals surface area contributed by atoms with E-state index in [4.69, 9.17) is 9.84 Å². The molecule has 1 N–H and O–H groups in total. The van der Waals surface area contributed by atoms with Gasteiger partial charge < -0.3 is 9.84 Å². The van der Waals surface area contributed by atoms with Crippen LogP contribution in [0, 0.1) is 0 Å². The van der Waals surface area contributed by atoms with Crippen LogP contribution in [-0.2, 0) is 7.05 Å². The summed E-state index contributed by atoms with van der Waals surface area (Å²) in [6, 6.07) is 4.77. The molecule has 0 aliphatic carbocycles. The van der Waals surface area contributed by atoms with Crippen molar-refractivity contribution in [2.45, 2.75) is 0 Å². The summed E-state index contributed by atoms with van der Waals surface area (Å²) in [4.78, 5) is 10.8. The lowest BCUT2D eigenvalue weighted by molar-refractivity contribution is 0.0696. The maximum absolute atomic E-state index is 10.8. The number of ether oxygens (including phenoxy) is 1. The molecule has 0 radical (unpaired) electrons. The molecule has 2 rings (SSSR count). The summed E-state index contributed by atoms with van der Waals surface area (Å²) in [5, 5.41) is 13.0. The number of carbonyl (C=O) groups is 1. The number of aromatic nitrogens is 2. The zero-order chi connectivity index (χ0) is 12.4. The van der Waals surface area contributed by atoms with Crippen LogP contribution >= 0.6 is 0 Å². The predicted octanol–water partition coefficient (Wildman–Crippen LogP) is 1.79. The Labute approximate surface area is 98.3 Å². The van der Waals surface area contributed by atoms with Crippen molar-refractivity contribution in [3.05, 3.63) is 36.2 Å². The molecule has 0 saturated heterocycles. The maximum atomic E-state index is 10.8. The summed E-state index contributed by atoms with van der Waals surface area (Å²) in [5.74, 6) is -0.445. The molecule has 5 nitrogen and oxygen atoms in total. The Hall–Kier alpha value is -2.30. The van der Waals surface area contributed by atoms with Crippen molar-refractivity contribution in [3.8, 4) is 16.9 Å². The number of methoxy groups -OCH3 is 1. The van der Waals surface area contributed by atoms with Gasteiger partial charge in [0.25, 0.3) is 0 Å². The highest BCUT2D eigenvalue weighted by atomic mass is 16.5. The average Bonchev–Trinajstić information content (AvgIpc) is 2.74. The third-order valence-corrected chi connectivity index (χ3v) is 2.46. The van der Waals surface area contributed by atoms with E-state index in [0.29, 0.717) is 5.75 Å². The molecule has 1 aromatic heterocycles. The predicted molar refractivity (Wildman–Crippen MR) is 62.2 cm³/mol. The largest absolute Gasteiger partial charge is 0.496 e. The molecule has 0 bridgehead atoms. The van der Waals surface area contributed by atoms with Crippen molar-refractivity contribution in [2.24, 2.45) is 7.05 Å². The molecule has 0 atom stereocenters. The van der Waals surface area contributed by atoms with Gasteiger partial charge in [-0.3, -0.25) is 4.68 Å². The number of rotatable bonds is 3. The van der Waals surface area contributed by atoms with Gasteiger partial charge in [0, 0.05) is 24.4 Å². The molecule has 0 aliphatic heterocycles. The van der Waals surface area contributed by atoms with Crippen LogP contribution in [0.1, 0.15) is 10.4 Å². The molecule has 0 saturated carbocycles. The van der Waals surface area contributed by atoms with Crippen LogP contribution in [0.15, 0.2) is 30.6 Å². The summed E-state index contributed by atoms with van der Waals surface area (Å²) in [7, 11) is 3.34. The SMILES string of the molecule is COc1cc(C(=O)O)ccc1-c1cnn(C)c1. The maximum Gasteiger partial charge on any atom is 0.335 e. The summed E-state index contributed by atoms with van der Waals surface area (Å²) in [6.45, 7) is 0. The highest BCUT2D eigenvalue weighted by Gasteiger charge is 2.11. The van der Waals surface area contributed by atoms with Gasteiger partial charge in [0.2, 0.25) is 0 Å². The van der Waals surface area contributed by atoms with E-state index in [1.807, 2.05) is 13.2 Å². The van der Waals surface area contributed by atoms with Gasteiger partial charge in [0.05, 0.1) is 18.9 Å². The van der Waals surface area contributed by atoms with Gasteiger partial charge in [-0.25, -0.2) is 4.79 Å². The average molecular weight is 232 g/mol. The molecule has 0 spiro atoms. The van der Waals surface area contributed by atoms with Gasteiger partial charge in [-0.05, 0) is 18.2 Å². The quantitative estimate of drug-likeness (QED) is 0.876. The lowest BCUT2D eigenvalue weighted by atomic mass is 10.1. The Morgan fingerprint density at radius 1 is 1.47 bits per heavy atom. The smallest absolute Gasteiger partial charge is 0.335 e. The lowest BCUT2D eigenvalue weighted by Crippen LogP contribution is -1.97. The van der Waals surface area contributed by atoms with Crippen LogP contribution in [0.3, 0.4) is 0 Å². The molecule has 2 aromatic rings. The summed E-state index contributed by atoms with van der Waals surface area (Å²) >= 11 is 0. The standard InChI is InChI=1S/C12H12N2O3/c1-14-7-9(6-13-14)10-4-3-8(12(15)16)5-11(10)17-2/h3-7H,1-2H3,(H,15,16). The first-order chi connectivity index (χ1) is 8.11. The number of hydrogen-bond acceptors (Lipinski definition) is 3. The first-order valence-electron chi connectivity index (χ1n) is 5.02. The summed E-state index contributed by atoms with van der Waals surface area (Å²) in [6.07, 6.45) is 3.55. The van der Waals surface area contributed by atoms with E-state index >= 15 is 0 Å². The van der Waals surface area contributed by atoms with Crippen molar-refractivity contribution in [3.63, 3.8) is 0 Å². The van der Waals surface area contributed by atoms with Gasteiger partial charge in [-0.1, -0.05) is 0 Å². The first kappa shape index (κ1) is 11.2. The van der Waals surface area contributed by atoms with Crippen LogP contribution in [0.2, 0.25) is 0 Å². The molecule has 17 heavy (non-hydrogen) atoms. The Bertz CT molecular complexity index is 561. The number of carboxylic acid groups (broad SMARTS) is 1. The van der Waals surface area contributed by atoms with E-state index < -0.39 is 5.97 Å². The minimum atomic E-state index is -0.971. The molecule has 0 aliphatic rings. The van der Waals surface area contributed by atoms with Crippen molar-refractivity contribution in [1.29, 1.82) is 0 Å². The van der Waals surface area contributed by atoms with Gasteiger partial charge in [0.1, 0.15) is 5.75 Å². The highest BCUT2D eigenvalue weighted by molar-refractivity contribution is 5.89. The summed E-state index contributed by atoms with van der Waals surface area (Å²) < 4.78 is 6.88. The van der Waals surface area contributed by atoms with Crippen molar-refractivity contribution < 1.29 is 14.6 Å². The fourth-order valence-corrected chi connectivity index (χ4v) is 1.62. The Morgan fingerprint density at radius 3 is 2.76 bits per heavy atom. The molecule has 88 valence electrons. The number of nitrogens with zero attached hydrogens (tertiary/aromatic N) is 2. The number of hydrogen-bond donors (Lipinski definition) is 1. The van der Waals surface area contributed by atoms with Crippen LogP contribution in [0.4, 0.5) is 0 Å². The van der Waals surface area contributed by atoms with Crippen LogP contribution < -0.4 is 4.74 Å². The molecule has 0 unspecified atom stereocenters. The third kappa shape index (κ3) is 2.13. The highest BCUT2D eigenvalue weighted by Crippen LogP contribution is 2.30. The van der Waals surface area contributed by atoms with E-state index in [1.54, 1.807) is 23.0 Å². The van der Waals surface area contributed by atoms with Crippen molar-refractivity contribution in [2.75, 3.05) is 7.11 Å². The molecule has 5 heteroatoms. The van der Waals surface area contributed by atoms with Crippen molar-refractivity contribution >= 4 is 5.97 Å². The first-order valence-corrected chi connectivity index (χ1v) is 5.02. The van der Waals surface area contributed by atoms with E-state index in [-0.39, 0.29) is 5.56 Å². The second kappa shape index (κ2) is 4.29.